The fourth-order valence-corrected chi connectivity index (χ4v) is 3.39. The number of benzene rings is 2. The van der Waals surface area contributed by atoms with Gasteiger partial charge in [-0.05, 0) is 31.2 Å². The maximum atomic E-state index is 12.1. The number of rotatable bonds is 3. The van der Waals surface area contributed by atoms with Crippen molar-refractivity contribution in [2.75, 3.05) is 5.32 Å². The summed E-state index contributed by atoms with van der Waals surface area (Å²) >= 11 is 1.60. The van der Waals surface area contributed by atoms with E-state index < -0.39 is 5.41 Å². The van der Waals surface area contributed by atoms with Crippen LogP contribution in [-0.2, 0) is 4.79 Å². The molecule has 3 rings (SSSR count). The zero-order valence-electron chi connectivity index (χ0n) is 15.3. The normalized spacial score (nSPS) is 11.4. The first kappa shape index (κ1) is 18.1. The van der Waals surface area contributed by atoms with Crippen LogP contribution >= 0.6 is 11.3 Å². The molecule has 0 fully saturated rings. The molecule has 2 aromatic carbocycles. The van der Waals surface area contributed by atoms with Crippen LogP contribution in [0, 0.1) is 12.3 Å². The van der Waals surface area contributed by atoms with Gasteiger partial charge in [-0.15, -0.1) is 11.3 Å². The number of aromatic hydroxyl groups is 1. The summed E-state index contributed by atoms with van der Waals surface area (Å²) in [7, 11) is 0. The van der Waals surface area contributed by atoms with Crippen LogP contribution in [0.15, 0.2) is 48.5 Å². The number of phenolic OH excluding ortho intramolecular Hbond substituents is 1. The fourth-order valence-electron chi connectivity index (χ4n) is 2.46. The number of carbonyl (C=O) groups excluding carboxylic acids is 1. The Morgan fingerprint density at radius 3 is 2.38 bits per heavy atom. The van der Waals surface area contributed by atoms with Gasteiger partial charge in [0.1, 0.15) is 10.8 Å². The van der Waals surface area contributed by atoms with E-state index in [1.165, 1.54) is 0 Å². The molecule has 1 heterocycles. The standard InChI is InChI=1S/C21H22N2O2S/c1-13-18(23-19(26-13)15-6-5-7-17(24)12-15)14-8-10-16(11-9-14)22-20(25)21(2,3)4/h5-12,24H,1-4H3,(H,22,25). The van der Waals surface area contributed by atoms with E-state index in [4.69, 9.17) is 4.98 Å². The molecule has 3 aromatic rings. The molecule has 4 nitrogen and oxygen atoms in total. The van der Waals surface area contributed by atoms with Crippen LogP contribution in [0.2, 0.25) is 0 Å². The highest BCUT2D eigenvalue weighted by Crippen LogP contribution is 2.34. The van der Waals surface area contributed by atoms with Crippen molar-refractivity contribution in [1.29, 1.82) is 0 Å². The maximum Gasteiger partial charge on any atom is 0.229 e. The Morgan fingerprint density at radius 2 is 1.77 bits per heavy atom. The van der Waals surface area contributed by atoms with Gasteiger partial charge in [0.15, 0.2) is 0 Å². The molecule has 0 saturated heterocycles. The lowest BCUT2D eigenvalue weighted by molar-refractivity contribution is -0.123. The molecule has 1 amide bonds. The smallest absolute Gasteiger partial charge is 0.229 e. The van der Waals surface area contributed by atoms with Crippen molar-refractivity contribution < 1.29 is 9.90 Å². The van der Waals surface area contributed by atoms with E-state index in [1.54, 1.807) is 23.5 Å². The van der Waals surface area contributed by atoms with Gasteiger partial charge in [0.05, 0.1) is 5.69 Å². The van der Waals surface area contributed by atoms with Gasteiger partial charge in [0, 0.05) is 27.1 Å². The molecule has 0 aliphatic carbocycles. The van der Waals surface area contributed by atoms with Crippen LogP contribution in [-0.4, -0.2) is 16.0 Å². The molecular formula is C21H22N2O2S. The number of aryl methyl sites for hydroxylation is 1. The summed E-state index contributed by atoms with van der Waals surface area (Å²) < 4.78 is 0. The van der Waals surface area contributed by atoms with Gasteiger partial charge in [0.25, 0.3) is 0 Å². The number of carbonyl (C=O) groups is 1. The van der Waals surface area contributed by atoms with Gasteiger partial charge >= 0.3 is 0 Å². The van der Waals surface area contributed by atoms with Crippen LogP contribution in [0.1, 0.15) is 25.6 Å². The summed E-state index contributed by atoms with van der Waals surface area (Å²) in [4.78, 5) is 17.9. The minimum Gasteiger partial charge on any atom is -0.508 e. The third kappa shape index (κ3) is 3.94. The summed E-state index contributed by atoms with van der Waals surface area (Å²) in [6.45, 7) is 7.70. The molecule has 0 atom stereocenters. The Labute approximate surface area is 157 Å². The zero-order chi connectivity index (χ0) is 18.9. The van der Waals surface area contributed by atoms with Gasteiger partial charge in [0.2, 0.25) is 5.91 Å². The topological polar surface area (TPSA) is 62.2 Å². The van der Waals surface area contributed by atoms with E-state index in [-0.39, 0.29) is 11.7 Å². The summed E-state index contributed by atoms with van der Waals surface area (Å²) in [5.74, 6) is 0.220. The lowest BCUT2D eigenvalue weighted by Gasteiger charge is -2.17. The predicted molar refractivity (Wildman–Crippen MR) is 107 cm³/mol. The molecule has 0 aliphatic heterocycles. The van der Waals surface area contributed by atoms with Gasteiger partial charge in [-0.2, -0.15) is 0 Å². The molecule has 0 bridgehead atoms. The van der Waals surface area contributed by atoms with Crippen molar-refractivity contribution in [1.82, 2.24) is 4.98 Å². The molecule has 0 saturated carbocycles. The van der Waals surface area contributed by atoms with Crippen molar-refractivity contribution in [3.8, 4) is 27.6 Å². The lowest BCUT2D eigenvalue weighted by atomic mass is 9.95. The average molecular weight is 366 g/mol. The number of hydrogen-bond donors (Lipinski definition) is 2. The molecule has 0 unspecified atom stereocenters. The number of aromatic nitrogens is 1. The number of thiazole rings is 1. The van der Waals surface area contributed by atoms with E-state index in [9.17, 15) is 9.90 Å². The number of nitrogens with one attached hydrogen (secondary N) is 1. The summed E-state index contributed by atoms with van der Waals surface area (Å²) in [5, 5.41) is 13.5. The highest BCUT2D eigenvalue weighted by molar-refractivity contribution is 7.15. The molecule has 0 aliphatic rings. The molecule has 134 valence electrons. The fraction of sp³-hybridized carbons (Fsp3) is 0.238. The second-order valence-corrected chi connectivity index (χ2v) is 8.46. The summed E-state index contributed by atoms with van der Waals surface area (Å²) in [6.07, 6.45) is 0. The van der Waals surface area contributed by atoms with Crippen molar-refractivity contribution in [3.05, 3.63) is 53.4 Å². The molecular weight excluding hydrogens is 344 g/mol. The van der Waals surface area contributed by atoms with E-state index in [2.05, 4.69) is 5.32 Å². The van der Waals surface area contributed by atoms with Crippen LogP contribution in [0.4, 0.5) is 5.69 Å². The second kappa shape index (κ2) is 6.92. The molecule has 0 spiro atoms. The van der Waals surface area contributed by atoms with Crippen LogP contribution in [0.25, 0.3) is 21.8 Å². The molecule has 5 heteroatoms. The first-order valence-electron chi connectivity index (χ1n) is 8.43. The largest absolute Gasteiger partial charge is 0.508 e. The third-order valence-electron chi connectivity index (χ3n) is 3.99. The van der Waals surface area contributed by atoms with E-state index in [1.807, 2.05) is 64.1 Å². The maximum absolute atomic E-state index is 12.1. The highest BCUT2D eigenvalue weighted by atomic mass is 32.1. The second-order valence-electron chi connectivity index (χ2n) is 7.26. The van der Waals surface area contributed by atoms with E-state index in [0.717, 1.165) is 32.4 Å². The third-order valence-corrected chi connectivity index (χ3v) is 5.01. The lowest BCUT2D eigenvalue weighted by Crippen LogP contribution is -2.27. The number of phenols is 1. The first-order chi connectivity index (χ1) is 12.2. The van der Waals surface area contributed by atoms with Crippen molar-refractivity contribution >= 4 is 22.9 Å². The quantitative estimate of drug-likeness (QED) is 0.645. The number of nitrogens with zero attached hydrogens (tertiary/aromatic N) is 1. The molecule has 26 heavy (non-hydrogen) atoms. The Balaban J connectivity index is 1.85. The van der Waals surface area contributed by atoms with Gasteiger partial charge < -0.3 is 10.4 Å². The predicted octanol–water partition coefficient (Wildman–Crippen LogP) is 5.48. The Morgan fingerprint density at radius 1 is 1.08 bits per heavy atom. The van der Waals surface area contributed by atoms with Gasteiger partial charge in [-0.1, -0.05) is 45.0 Å². The highest BCUT2D eigenvalue weighted by Gasteiger charge is 2.21. The van der Waals surface area contributed by atoms with Crippen LogP contribution in [0.3, 0.4) is 0 Å². The minimum absolute atomic E-state index is 0.0127. The van der Waals surface area contributed by atoms with Crippen molar-refractivity contribution in [2.24, 2.45) is 5.41 Å². The Hall–Kier alpha value is -2.66. The van der Waals surface area contributed by atoms with Gasteiger partial charge in [-0.3, -0.25) is 4.79 Å². The first-order valence-corrected chi connectivity index (χ1v) is 9.24. The molecule has 2 N–H and O–H groups in total. The van der Waals surface area contributed by atoms with Crippen LogP contribution < -0.4 is 5.32 Å². The zero-order valence-corrected chi connectivity index (χ0v) is 16.1. The molecule has 0 radical (unpaired) electrons. The van der Waals surface area contributed by atoms with Gasteiger partial charge in [-0.25, -0.2) is 4.98 Å². The van der Waals surface area contributed by atoms with Crippen molar-refractivity contribution in [2.45, 2.75) is 27.7 Å². The monoisotopic (exact) mass is 366 g/mol. The summed E-state index contributed by atoms with van der Waals surface area (Å²) in [5.41, 5.74) is 3.16. The molecule has 1 aromatic heterocycles. The van der Waals surface area contributed by atoms with Crippen molar-refractivity contribution in [3.63, 3.8) is 0 Å². The average Bonchev–Trinajstić information content (AvgIpc) is 2.96. The Bertz CT molecular complexity index is 937. The summed E-state index contributed by atoms with van der Waals surface area (Å²) in [6, 6.07) is 14.8. The number of hydrogen-bond acceptors (Lipinski definition) is 4. The number of amides is 1. The van der Waals surface area contributed by atoms with E-state index >= 15 is 0 Å². The van der Waals surface area contributed by atoms with Crippen LogP contribution in [0.5, 0.6) is 5.75 Å². The Kier molecular flexibility index (Phi) is 4.83. The van der Waals surface area contributed by atoms with E-state index in [0.29, 0.717) is 0 Å². The SMILES string of the molecule is Cc1sc(-c2cccc(O)c2)nc1-c1ccc(NC(=O)C(C)(C)C)cc1. The minimum atomic E-state index is -0.430. The number of anilines is 1.